The second kappa shape index (κ2) is 2.86. The van der Waals surface area contributed by atoms with Crippen LogP contribution in [0.2, 0.25) is 0 Å². The van der Waals surface area contributed by atoms with E-state index in [1.165, 1.54) is 12.0 Å². The molecule has 50 valence electrons. The zero-order valence-electron chi connectivity index (χ0n) is 6.22. The molecule has 0 aromatic heterocycles. The standard InChI is InChI=1S/C9H14/c1-8-4-3-5-9(2)7-6-8/h3-4,7-8H,5-6H2,1-2H3. The average Bonchev–Trinajstić information content (AvgIpc) is 1.97. The fourth-order valence-electron chi connectivity index (χ4n) is 1.04. The van der Waals surface area contributed by atoms with E-state index in [-0.39, 0.29) is 0 Å². The highest BCUT2D eigenvalue weighted by atomic mass is 14.0. The van der Waals surface area contributed by atoms with Gasteiger partial charge in [0.25, 0.3) is 0 Å². The third-order valence-electron chi connectivity index (χ3n) is 1.74. The van der Waals surface area contributed by atoms with Gasteiger partial charge in [-0.25, -0.2) is 0 Å². The fraction of sp³-hybridized carbons (Fsp3) is 0.556. The summed E-state index contributed by atoms with van der Waals surface area (Å²) < 4.78 is 0. The Labute approximate surface area is 57.3 Å². The van der Waals surface area contributed by atoms with Gasteiger partial charge in [0.15, 0.2) is 0 Å². The molecule has 0 N–H and O–H groups in total. The van der Waals surface area contributed by atoms with Crippen LogP contribution in [0.5, 0.6) is 0 Å². The highest BCUT2D eigenvalue weighted by Crippen LogP contribution is 2.14. The molecule has 0 heteroatoms. The smallest absolute Gasteiger partial charge is 0.0141 e. The number of allylic oxidation sites excluding steroid dienone is 4. The normalized spacial score (nSPS) is 27.3. The Balaban J connectivity index is 2.57. The third-order valence-corrected chi connectivity index (χ3v) is 1.74. The summed E-state index contributed by atoms with van der Waals surface area (Å²) in [5.41, 5.74) is 1.51. The number of rotatable bonds is 0. The molecule has 1 rings (SSSR count). The van der Waals surface area contributed by atoms with Gasteiger partial charge in [0.2, 0.25) is 0 Å². The van der Waals surface area contributed by atoms with Crippen LogP contribution in [-0.2, 0) is 0 Å². The number of hydrogen-bond acceptors (Lipinski definition) is 0. The summed E-state index contributed by atoms with van der Waals surface area (Å²) in [7, 11) is 0. The van der Waals surface area contributed by atoms with Crippen molar-refractivity contribution in [3.8, 4) is 0 Å². The quantitative estimate of drug-likeness (QED) is 0.433. The van der Waals surface area contributed by atoms with E-state index in [9.17, 15) is 0 Å². The van der Waals surface area contributed by atoms with Crippen LogP contribution in [0.15, 0.2) is 23.8 Å². The van der Waals surface area contributed by atoms with Gasteiger partial charge in [0.05, 0.1) is 0 Å². The lowest BCUT2D eigenvalue weighted by Gasteiger charge is -1.96. The van der Waals surface area contributed by atoms with Gasteiger partial charge in [-0.05, 0) is 25.7 Å². The predicted molar refractivity (Wildman–Crippen MR) is 41.3 cm³/mol. The van der Waals surface area contributed by atoms with Crippen molar-refractivity contribution in [3.05, 3.63) is 23.8 Å². The van der Waals surface area contributed by atoms with Gasteiger partial charge in [-0.3, -0.25) is 0 Å². The Hall–Kier alpha value is -0.520. The second-order valence-corrected chi connectivity index (χ2v) is 2.90. The first kappa shape index (κ1) is 6.60. The van der Waals surface area contributed by atoms with Crippen molar-refractivity contribution in [2.24, 2.45) is 5.92 Å². The molecule has 0 fully saturated rings. The molecule has 1 unspecified atom stereocenters. The minimum atomic E-state index is 0.752. The molecule has 0 saturated carbocycles. The third kappa shape index (κ3) is 2.05. The van der Waals surface area contributed by atoms with Crippen LogP contribution >= 0.6 is 0 Å². The lowest BCUT2D eigenvalue weighted by Crippen LogP contribution is -1.82. The Bertz CT molecular complexity index is 140. The average molecular weight is 122 g/mol. The zero-order chi connectivity index (χ0) is 6.69. The second-order valence-electron chi connectivity index (χ2n) is 2.90. The van der Waals surface area contributed by atoms with Crippen molar-refractivity contribution < 1.29 is 0 Å². The molecule has 1 aliphatic rings. The number of hydrogen-bond donors (Lipinski definition) is 0. The van der Waals surface area contributed by atoms with E-state index in [4.69, 9.17) is 0 Å². The maximum atomic E-state index is 2.34. The van der Waals surface area contributed by atoms with Crippen LogP contribution in [0.1, 0.15) is 26.7 Å². The Morgan fingerprint density at radius 3 is 3.11 bits per heavy atom. The first-order valence-electron chi connectivity index (χ1n) is 3.61. The molecule has 1 atom stereocenters. The molecule has 0 aromatic carbocycles. The SMILES string of the molecule is CC1=CCC(C)C=CC1. The van der Waals surface area contributed by atoms with Crippen LogP contribution in [0.4, 0.5) is 0 Å². The lowest BCUT2D eigenvalue weighted by atomic mass is 10.1. The fourth-order valence-corrected chi connectivity index (χ4v) is 1.04. The van der Waals surface area contributed by atoms with Crippen molar-refractivity contribution in [2.45, 2.75) is 26.7 Å². The molecule has 1 aliphatic carbocycles. The minimum absolute atomic E-state index is 0.752. The van der Waals surface area contributed by atoms with E-state index < -0.39 is 0 Å². The summed E-state index contributed by atoms with van der Waals surface area (Å²) in [6.45, 7) is 4.45. The molecule has 0 aromatic rings. The van der Waals surface area contributed by atoms with Gasteiger partial charge in [0.1, 0.15) is 0 Å². The minimum Gasteiger partial charge on any atom is -0.0851 e. The molecule has 0 radical (unpaired) electrons. The van der Waals surface area contributed by atoms with E-state index in [1.54, 1.807) is 0 Å². The van der Waals surface area contributed by atoms with Gasteiger partial charge in [0, 0.05) is 0 Å². The molecule has 9 heavy (non-hydrogen) atoms. The van der Waals surface area contributed by atoms with Crippen LogP contribution in [0.25, 0.3) is 0 Å². The molecule has 0 saturated heterocycles. The molecule has 0 aliphatic heterocycles. The van der Waals surface area contributed by atoms with Crippen molar-refractivity contribution in [1.29, 1.82) is 0 Å². The summed E-state index contributed by atoms with van der Waals surface area (Å²) in [5.74, 6) is 0.752. The predicted octanol–water partition coefficient (Wildman–Crippen LogP) is 2.92. The summed E-state index contributed by atoms with van der Waals surface area (Å²) in [6.07, 6.45) is 9.29. The molecule has 0 spiro atoms. The molecule has 0 heterocycles. The lowest BCUT2D eigenvalue weighted by molar-refractivity contribution is 0.746. The Morgan fingerprint density at radius 1 is 1.56 bits per heavy atom. The van der Waals surface area contributed by atoms with Gasteiger partial charge < -0.3 is 0 Å². The van der Waals surface area contributed by atoms with Crippen LogP contribution in [-0.4, -0.2) is 0 Å². The first-order valence-corrected chi connectivity index (χ1v) is 3.61. The molecule has 0 bridgehead atoms. The maximum Gasteiger partial charge on any atom is -0.0141 e. The van der Waals surface area contributed by atoms with Crippen LogP contribution < -0.4 is 0 Å². The summed E-state index contributed by atoms with van der Waals surface area (Å²) in [5, 5.41) is 0. The highest BCUT2D eigenvalue weighted by Gasteiger charge is 1.97. The van der Waals surface area contributed by atoms with E-state index in [0.717, 1.165) is 12.3 Å². The Morgan fingerprint density at radius 2 is 2.33 bits per heavy atom. The van der Waals surface area contributed by atoms with Crippen LogP contribution in [0, 0.1) is 5.92 Å². The van der Waals surface area contributed by atoms with E-state index in [0.29, 0.717) is 0 Å². The zero-order valence-corrected chi connectivity index (χ0v) is 6.22. The first-order chi connectivity index (χ1) is 4.29. The Kier molecular flexibility index (Phi) is 2.10. The van der Waals surface area contributed by atoms with Crippen LogP contribution in [0.3, 0.4) is 0 Å². The molecular weight excluding hydrogens is 108 g/mol. The van der Waals surface area contributed by atoms with Crippen molar-refractivity contribution in [1.82, 2.24) is 0 Å². The van der Waals surface area contributed by atoms with E-state index in [1.807, 2.05) is 0 Å². The van der Waals surface area contributed by atoms with Gasteiger partial charge in [-0.15, -0.1) is 0 Å². The highest BCUT2D eigenvalue weighted by molar-refractivity contribution is 5.09. The van der Waals surface area contributed by atoms with Gasteiger partial charge in [-0.1, -0.05) is 30.7 Å². The summed E-state index contributed by atoms with van der Waals surface area (Å²) >= 11 is 0. The molecule has 0 amide bonds. The van der Waals surface area contributed by atoms with Crippen molar-refractivity contribution in [2.75, 3.05) is 0 Å². The molecular formula is C9H14. The molecule has 0 nitrogen and oxygen atoms in total. The summed E-state index contributed by atoms with van der Waals surface area (Å²) in [6, 6.07) is 0. The van der Waals surface area contributed by atoms with Gasteiger partial charge >= 0.3 is 0 Å². The van der Waals surface area contributed by atoms with E-state index >= 15 is 0 Å². The van der Waals surface area contributed by atoms with E-state index in [2.05, 4.69) is 32.1 Å². The monoisotopic (exact) mass is 122 g/mol. The topological polar surface area (TPSA) is 0 Å². The van der Waals surface area contributed by atoms with Crippen molar-refractivity contribution in [3.63, 3.8) is 0 Å². The largest absolute Gasteiger partial charge is 0.0851 e. The van der Waals surface area contributed by atoms with Gasteiger partial charge in [-0.2, -0.15) is 0 Å². The maximum absolute atomic E-state index is 2.34. The summed E-state index contributed by atoms with van der Waals surface area (Å²) in [4.78, 5) is 0. The van der Waals surface area contributed by atoms with Crippen molar-refractivity contribution >= 4 is 0 Å².